The molecule has 3 heteroatoms. The topological polar surface area (TPSA) is 28.4 Å². The standard InChI is InChI=1S/C13H22N2O/c1-11-9-14-7-6-13(2,3)15(11)10-12-5-4-8-16-12/h4-5,8,11,14H,6-7,9-10H2,1-3H3. The van der Waals surface area contributed by atoms with Crippen LogP contribution in [0.5, 0.6) is 0 Å². The van der Waals surface area contributed by atoms with E-state index < -0.39 is 0 Å². The maximum absolute atomic E-state index is 5.46. The summed E-state index contributed by atoms with van der Waals surface area (Å²) in [5.74, 6) is 1.06. The second-order valence-electron chi connectivity index (χ2n) is 5.32. The van der Waals surface area contributed by atoms with Crippen LogP contribution in [0.1, 0.15) is 33.0 Å². The summed E-state index contributed by atoms with van der Waals surface area (Å²) >= 11 is 0. The van der Waals surface area contributed by atoms with Gasteiger partial charge in [0.1, 0.15) is 5.76 Å². The lowest BCUT2D eigenvalue weighted by Gasteiger charge is -2.40. The van der Waals surface area contributed by atoms with Crippen LogP contribution in [0.3, 0.4) is 0 Å². The van der Waals surface area contributed by atoms with Crippen molar-refractivity contribution in [2.45, 2.75) is 45.3 Å². The molecule has 3 nitrogen and oxygen atoms in total. The highest BCUT2D eigenvalue weighted by Crippen LogP contribution is 2.25. The molecule has 0 saturated carbocycles. The normalized spacial score (nSPS) is 26.6. The Morgan fingerprint density at radius 2 is 2.38 bits per heavy atom. The van der Waals surface area contributed by atoms with Gasteiger partial charge in [-0.3, -0.25) is 4.90 Å². The van der Waals surface area contributed by atoms with E-state index in [9.17, 15) is 0 Å². The second-order valence-corrected chi connectivity index (χ2v) is 5.32. The fourth-order valence-corrected chi connectivity index (χ4v) is 2.50. The molecule has 2 rings (SSSR count). The molecule has 1 aromatic heterocycles. The molecule has 1 unspecified atom stereocenters. The minimum atomic E-state index is 0.232. The van der Waals surface area contributed by atoms with Gasteiger partial charge in [-0.15, -0.1) is 0 Å². The molecule has 0 aliphatic carbocycles. The molecular formula is C13H22N2O. The van der Waals surface area contributed by atoms with Crippen molar-refractivity contribution in [2.75, 3.05) is 13.1 Å². The first kappa shape index (κ1) is 11.7. The molecule has 0 amide bonds. The monoisotopic (exact) mass is 222 g/mol. The van der Waals surface area contributed by atoms with Crippen LogP contribution in [0.4, 0.5) is 0 Å². The number of nitrogens with zero attached hydrogens (tertiary/aromatic N) is 1. The maximum atomic E-state index is 5.46. The van der Waals surface area contributed by atoms with Gasteiger partial charge >= 0.3 is 0 Å². The van der Waals surface area contributed by atoms with Crippen molar-refractivity contribution in [1.82, 2.24) is 10.2 Å². The van der Waals surface area contributed by atoms with E-state index >= 15 is 0 Å². The Labute approximate surface area is 97.8 Å². The van der Waals surface area contributed by atoms with E-state index in [1.54, 1.807) is 6.26 Å². The van der Waals surface area contributed by atoms with Crippen LogP contribution >= 0.6 is 0 Å². The molecule has 2 heterocycles. The van der Waals surface area contributed by atoms with Crippen molar-refractivity contribution in [3.63, 3.8) is 0 Å². The molecule has 1 fully saturated rings. The molecule has 0 aromatic carbocycles. The van der Waals surface area contributed by atoms with Crippen LogP contribution in [-0.2, 0) is 6.54 Å². The van der Waals surface area contributed by atoms with Gasteiger partial charge < -0.3 is 9.73 Å². The summed E-state index contributed by atoms with van der Waals surface area (Å²) in [6.45, 7) is 9.99. The smallest absolute Gasteiger partial charge is 0.117 e. The number of nitrogens with one attached hydrogen (secondary N) is 1. The number of hydrogen-bond acceptors (Lipinski definition) is 3. The van der Waals surface area contributed by atoms with E-state index in [0.29, 0.717) is 6.04 Å². The third-order valence-electron chi connectivity index (χ3n) is 3.57. The van der Waals surface area contributed by atoms with Gasteiger partial charge in [-0.05, 0) is 45.9 Å². The van der Waals surface area contributed by atoms with Crippen molar-refractivity contribution in [3.8, 4) is 0 Å². The Hall–Kier alpha value is -0.800. The Morgan fingerprint density at radius 3 is 3.06 bits per heavy atom. The highest BCUT2D eigenvalue weighted by Gasteiger charge is 2.32. The molecule has 1 aliphatic heterocycles. The maximum Gasteiger partial charge on any atom is 0.117 e. The summed E-state index contributed by atoms with van der Waals surface area (Å²) in [5.41, 5.74) is 0.232. The van der Waals surface area contributed by atoms with Gasteiger partial charge in [0, 0.05) is 18.1 Å². The fraction of sp³-hybridized carbons (Fsp3) is 0.692. The average Bonchev–Trinajstić information content (AvgIpc) is 2.69. The van der Waals surface area contributed by atoms with Gasteiger partial charge in [0.05, 0.1) is 12.8 Å². The summed E-state index contributed by atoms with van der Waals surface area (Å²) in [4.78, 5) is 2.53. The van der Waals surface area contributed by atoms with Crippen LogP contribution < -0.4 is 5.32 Å². The summed E-state index contributed by atoms with van der Waals surface area (Å²) in [6, 6.07) is 4.56. The minimum absolute atomic E-state index is 0.232. The van der Waals surface area contributed by atoms with Crippen LogP contribution in [-0.4, -0.2) is 29.6 Å². The summed E-state index contributed by atoms with van der Waals surface area (Å²) in [7, 11) is 0. The average molecular weight is 222 g/mol. The van der Waals surface area contributed by atoms with E-state index in [0.717, 1.165) is 25.4 Å². The van der Waals surface area contributed by atoms with Gasteiger partial charge in [0.25, 0.3) is 0 Å². The summed E-state index contributed by atoms with van der Waals surface area (Å²) in [5, 5.41) is 3.49. The Kier molecular flexibility index (Phi) is 3.36. The predicted molar refractivity (Wildman–Crippen MR) is 65.3 cm³/mol. The third kappa shape index (κ3) is 2.47. The van der Waals surface area contributed by atoms with Crippen molar-refractivity contribution in [1.29, 1.82) is 0 Å². The predicted octanol–water partition coefficient (Wildman–Crippen LogP) is 2.24. The molecule has 1 aliphatic rings. The van der Waals surface area contributed by atoms with E-state index in [4.69, 9.17) is 4.42 Å². The largest absolute Gasteiger partial charge is 0.468 e. The zero-order chi connectivity index (χ0) is 11.6. The molecular weight excluding hydrogens is 200 g/mol. The lowest BCUT2D eigenvalue weighted by molar-refractivity contribution is 0.0693. The van der Waals surface area contributed by atoms with E-state index in [1.165, 1.54) is 6.42 Å². The van der Waals surface area contributed by atoms with Crippen LogP contribution in [0.2, 0.25) is 0 Å². The van der Waals surface area contributed by atoms with Crippen LogP contribution in [0, 0.1) is 0 Å². The van der Waals surface area contributed by atoms with E-state index in [2.05, 4.69) is 37.1 Å². The summed E-state index contributed by atoms with van der Waals surface area (Å²) < 4.78 is 5.46. The number of furan rings is 1. The van der Waals surface area contributed by atoms with Gasteiger partial charge in [-0.25, -0.2) is 0 Å². The summed E-state index contributed by atoms with van der Waals surface area (Å²) in [6.07, 6.45) is 2.93. The fourth-order valence-electron chi connectivity index (χ4n) is 2.50. The molecule has 0 bridgehead atoms. The quantitative estimate of drug-likeness (QED) is 0.832. The molecule has 90 valence electrons. The Bertz CT molecular complexity index is 319. The van der Waals surface area contributed by atoms with Crippen molar-refractivity contribution >= 4 is 0 Å². The van der Waals surface area contributed by atoms with Crippen LogP contribution in [0.15, 0.2) is 22.8 Å². The SMILES string of the molecule is CC1CNCCC(C)(C)N1Cc1ccco1. The number of hydrogen-bond donors (Lipinski definition) is 1. The lowest BCUT2D eigenvalue weighted by atomic mass is 9.97. The molecule has 1 N–H and O–H groups in total. The molecule has 1 saturated heterocycles. The molecule has 0 spiro atoms. The zero-order valence-electron chi connectivity index (χ0n) is 10.5. The second kappa shape index (κ2) is 4.60. The highest BCUT2D eigenvalue weighted by molar-refractivity contribution is 5.01. The minimum Gasteiger partial charge on any atom is -0.468 e. The Balaban J connectivity index is 2.13. The molecule has 0 radical (unpaired) electrons. The van der Waals surface area contributed by atoms with Crippen molar-refractivity contribution in [3.05, 3.63) is 24.2 Å². The first-order valence-electron chi connectivity index (χ1n) is 6.09. The molecule has 1 atom stereocenters. The highest BCUT2D eigenvalue weighted by atomic mass is 16.3. The van der Waals surface area contributed by atoms with Crippen molar-refractivity contribution in [2.24, 2.45) is 0 Å². The van der Waals surface area contributed by atoms with Gasteiger partial charge in [-0.2, -0.15) is 0 Å². The van der Waals surface area contributed by atoms with E-state index in [-0.39, 0.29) is 5.54 Å². The molecule has 16 heavy (non-hydrogen) atoms. The first-order chi connectivity index (χ1) is 7.59. The zero-order valence-corrected chi connectivity index (χ0v) is 10.5. The van der Waals surface area contributed by atoms with E-state index in [1.807, 2.05) is 6.07 Å². The van der Waals surface area contributed by atoms with Gasteiger partial charge in [-0.1, -0.05) is 0 Å². The van der Waals surface area contributed by atoms with Crippen molar-refractivity contribution < 1.29 is 4.42 Å². The Morgan fingerprint density at radius 1 is 1.56 bits per heavy atom. The molecule has 1 aromatic rings. The van der Waals surface area contributed by atoms with Crippen LogP contribution in [0.25, 0.3) is 0 Å². The lowest BCUT2D eigenvalue weighted by Crippen LogP contribution is -2.48. The first-order valence-corrected chi connectivity index (χ1v) is 6.09. The number of rotatable bonds is 2. The van der Waals surface area contributed by atoms with Gasteiger partial charge in [0.15, 0.2) is 0 Å². The third-order valence-corrected chi connectivity index (χ3v) is 3.57. The van der Waals surface area contributed by atoms with Gasteiger partial charge in [0.2, 0.25) is 0 Å².